The van der Waals surface area contributed by atoms with Crippen molar-refractivity contribution in [2.45, 2.75) is 19.0 Å². The molecule has 1 heterocycles. The lowest BCUT2D eigenvalue weighted by Crippen LogP contribution is -2.12. The molecule has 4 nitrogen and oxygen atoms in total. The standard InChI is InChI=1S/C13H11F3N4/c14-13(15,16)6-3-7-18-12-9-4-1-2-5-10(9)19-20-11(12)8-17/h1-2,4-5H,3,6-7H2,(H,18,19). The Hall–Kier alpha value is -2.36. The third-order valence-corrected chi connectivity index (χ3v) is 2.71. The molecular weight excluding hydrogens is 269 g/mol. The second-order valence-electron chi connectivity index (χ2n) is 4.20. The van der Waals surface area contributed by atoms with Crippen LogP contribution in [0.2, 0.25) is 0 Å². The average Bonchev–Trinajstić information content (AvgIpc) is 2.42. The summed E-state index contributed by atoms with van der Waals surface area (Å²) < 4.78 is 36.2. The molecule has 0 unspecified atom stereocenters. The second-order valence-corrected chi connectivity index (χ2v) is 4.20. The fraction of sp³-hybridized carbons (Fsp3) is 0.308. The Kier molecular flexibility index (Phi) is 4.03. The van der Waals surface area contributed by atoms with Crippen molar-refractivity contribution >= 4 is 16.6 Å². The zero-order chi connectivity index (χ0) is 14.6. The molecule has 1 N–H and O–H groups in total. The number of anilines is 1. The first-order valence-corrected chi connectivity index (χ1v) is 5.97. The van der Waals surface area contributed by atoms with Crippen molar-refractivity contribution < 1.29 is 13.2 Å². The zero-order valence-electron chi connectivity index (χ0n) is 10.4. The van der Waals surface area contributed by atoms with E-state index in [4.69, 9.17) is 5.26 Å². The fourth-order valence-corrected chi connectivity index (χ4v) is 1.81. The number of hydrogen-bond acceptors (Lipinski definition) is 4. The minimum atomic E-state index is -4.17. The van der Waals surface area contributed by atoms with Crippen LogP contribution in [-0.2, 0) is 0 Å². The highest BCUT2D eigenvalue weighted by atomic mass is 19.4. The molecule has 7 heteroatoms. The van der Waals surface area contributed by atoms with Gasteiger partial charge in [-0.05, 0) is 12.5 Å². The number of halogens is 3. The van der Waals surface area contributed by atoms with Crippen LogP contribution < -0.4 is 5.32 Å². The number of aromatic nitrogens is 2. The van der Waals surface area contributed by atoms with Crippen LogP contribution in [0.25, 0.3) is 10.9 Å². The smallest absolute Gasteiger partial charge is 0.382 e. The highest BCUT2D eigenvalue weighted by Crippen LogP contribution is 2.25. The van der Waals surface area contributed by atoms with Gasteiger partial charge in [0.05, 0.1) is 11.2 Å². The molecule has 0 aliphatic carbocycles. The minimum absolute atomic E-state index is 0.0645. The maximum Gasteiger partial charge on any atom is 0.389 e. The summed E-state index contributed by atoms with van der Waals surface area (Å²) in [6, 6.07) is 8.90. The normalized spacial score (nSPS) is 11.3. The van der Waals surface area contributed by atoms with Crippen LogP contribution >= 0.6 is 0 Å². The molecule has 0 bridgehead atoms. The van der Waals surface area contributed by atoms with E-state index >= 15 is 0 Å². The molecule has 20 heavy (non-hydrogen) atoms. The topological polar surface area (TPSA) is 61.6 Å². The molecule has 0 amide bonds. The van der Waals surface area contributed by atoms with Gasteiger partial charge in [-0.2, -0.15) is 18.4 Å². The summed E-state index contributed by atoms with van der Waals surface area (Å²) >= 11 is 0. The van der Waals surface area contributed by atoms with Crippen molar-refractivity contribution in [2.75, 3.05) is 11.9 Å². The lowest BCUT2D eigenvalue weighted by molar-refractivity contribution is -0.134. The van der Waals surface area contributed by atoms with E-state index in [9.17, 15) is 13.2 Å². The number of fused-ring (bicyclic) bond motifs is 1. The summed E-state index contributed by atoms with van der Waals surface area (Å²) in [4.78, 5) is 0. The van der Waals surface area contributed by atoms with Gasteiger partial charge in [-0.3, -0.25) is 0 Å². The van der Waals surface area contributed by atoms with Crippen molar-refractivity contribution in [3.8, 4) is 6.07 Å². The number of nitriles is 1. The highest BCUT2D eigenvalue weighted by molar-refractivity contribution is 5.92. The van der Waals surface area contributed by atoms with E-state index in [2.05, 4.69) is 15.5 Å². The molecule has 0 saturated heterocycles. The van der Waals surface area contributed by atoms with Gasteiger partial charge in [0, 0.05) is 18.4 Å². The molecular formula is C13H11F3N4. The van der Waals surface area contributed by atoms with Gasteiger partial charge in [0.1, 0.15) is 6.07 Å². The molecule has 104 valence electrons. The van der Waals surface area contributed by atoms with Gasteiger partial charge in [0.15, 0.2) is 5.69 Å². The Morgan fingerprint density at radius 3 is 2.65 bits per heavy atom. The Labute approximate surface area is 113 Å². The summed E-state index contributed by atoms with van der Waals surface area (Å²) in [7, 11) is 0. The van der Waals surface area contributed by atoms with Crippen LogP contribution in [0.5, 0.6) is 0 Å². The van der Waals surface area contributed by atoms with Crippen LogP contribution in [0.4, 0.5) is 18.9 Å². The first kappa shape index (κ1) is 14.1. The summed E-state index contributed by atoms with van der Waals surface area (Å²) in [5, 5.41) is 20.2. The third kappa shape index (κ3) is 3.35. The molecule has 0 saturated carbocycles. The largest absolute Gasteiger partial charge is 0.389 e. The maximum atomic E-state index is 12.1. The molecule has 0 spiro atoms. The summed E-state index contributed by atoms with van der Waals surface area (Å²) in [6.45, 7) is 0.115. The Balaban J connectivity index is 2.18. The van der Waals surface area contributed by atoms with E-state index in [0.717, 1.165) is 0 Å². The number of alkyl halides is 3. The number of nitrogens with zero attached hydrogens (tertiary/aromatic N) is 3. The number of hydrogen-bond donors (Lipinski definition) is 1. The molecule has 0 atom stereocenters. The van der Waals surface area contributed by atoms with E-state index in [1.54, 1.807) is 24.3 Å². The fourth-order valence-electron chi connectivity index (χ4n) is 1.81. The van der Waals surface area contributed by atoms with E-state index in [1.807, 2.05) is 6.07 Å². The molecule has 1 aromatic carbocycles. The zero-order valence-corrected chi connectivity index (χ0v) is 10.4. The molecule has 2 rings (SSSR count). The molecule has 0 radical (unpaired) electrons. The van der Waals surface area contributed by atoms with Gasteiger partial charge in [-0.15, -0.1) is 10.2 Å². The molecule has 1 aromatic heterocycles. The number of rotatable bonds is 4. The van der Waals surface area contributed by atoms with Gasteiger partial charge in [-0.1, -0.05) is 18.2 Å². The molecule has 0 aliphatic heterocycles. The van der Waals surface area contributed by atoms with Crippen LogP contribution in [-0.4, -0.2) is 22.9 Å². The van der Waals surface area contributed by atoms with Crippen LogP contribution in [0, 0.1) is 11.3 Å². The van der Waals surface area contributed by atoms with E-state index in [-0.39, 0.29) is 18.7 Å². The van der Waals surface area contributed by atoms with Gasteiger partial charge < -0.3 is 5.32 Å². The number of benzene rings is 1. The lowest BCUT2D eigenvalue weighted by atomic mass is 10.1. The maximum absolute atomic E-state index is 12.1. The predicted octanol–water partition coefficient (Wildman–Crippen LogP) is 3.26. The third-order valence-electron chi connectivity index (χ3n) is 2.71. The summed E-state index contributed by atoms with van der Waals surface area (Å²) in [5.41, 5.74) is 1.10. The average molecular weight is 280 g/mol. The first-order valence-electron chi connectivity index (χ1n) is 5.97. The Morgan fingerprint density at radius 1 is 1.20 bits per heavy atom. The van der Waals surface area contributed by atoms with E-state index in [0.29, 0.717) is 16.6 Å². The van der Waals surface area contributed by atoms with Crippen molar-refractivity contribution in [1.82, 2.24) is 10.2 Å². The molecule has 0 aliphatic rings. The second kappa shape index (κ2) is 5.74. The number of nitrogens with one attached hydrogen (secondary N) is 1. The first-order chi connectivity index (χ1) is 9.51. The van der Waals surface area contributed by atoms with Gasteiger partial charge >= 0.3 is 6.18 Å². The van der Waals surface area contributed by atoms with Crippen molar-refractivity contribution in [3.63, 3.8) is 0 Å². The van der Waals surface area contributed by atoms with Gasteiger partial charge in [0.2, 0.25) is 0 Å². The van der Waals surface area contributed by atoms with Crippen molar-refractivity contribution in [3.05, 3.63) is 30.0 Å². The van der Waals surface area contributed by atoms with Gasteiger partial charge in [-0.25, -0.2) is 0 Å². The monoisotopic (exact) mass is 280 g/mol. The lowest BCUT2D eigenvalue weighted by Gasteiger charge is -2.11. The predicted molar refractivity (Wildman–Crippen MR) is 68.0 cm³/mol. The van der Waals surface area contributed by atoms with Crippen LogP contribution in [0.15, 0.2) is 24.3 Å². The summed E-state index contributed by atoms with van der Waals surface area (Å²) in [5.74, 6) is 0. The van der Waals surface area contributed by atoms with E-state index < -0.39 is 12.6 Å². The van der Waals surface area contributed by atoms with E-state index in [1.165, 1.54) is 0 Å². The van der Waals surface area contributed by atoms with Gasteiger partial charge in [0.25, 0.3) is 0 Å². The van der Waals surface area contributed by atoms with Crippen LogP contribution in [0.3, 0.4) is 0 Å². The van der Waals surface area contributed by atoms with Crippen molar-refractivity contribution in [2.24, 2.45) is 0 Å². The molecule has 0 fully saturated rings. The Bertz CT molecular complexity index is 646. The van der Waals surface area contributed by atoms with Crippen LogP contribution in [0.1, 0.15) is 18.5 Å². The minimum Gasteiger partial charge on any atom is -0.382 e. The Morgan fingerprint density at radius 2 is 1.95 bits per heavy atom. The quantitative estimate of drug-likeness (QED) is 0.873. The highest BCUT2D eigenvalue weighted by Gasteiger charge is 2.26. The SMILES string of the molecule is N#Cc1nnc2ccccc2c1NCCCC(F)(F)F. The molecule has 2 aromatic rings. The van der Waals surface area contributed by atoms with Crippen molar-refractivity contribution in [1.29, 1.82) is 5.26 Å². The summed E-state index contributed by atoms with van der Waals surface area (Å²) in [6.07, 6.45) is -5.10.